The second-order valence-corrected chi connectivity index (χ2v) is 10.1. The van der Waals surface area contributed by atoms with E-state index in [2.05, 4.69) is 31.1 Å². The van der Waals surface area contributed by atoms with Gasteiger partial charge in [0.15, 0.2) is 5.52 Å². The summed E-state index contributed by atoms with van der Waals surface area (Å²) >= 11 is 0. The van der Waals surface area contributed by atoms with Crippen molar-refractivity contribution in [2.45, 2.75) is 71.3 Å². The van der Waals surface area contributed by atoms with Crippen molar-refractivity contribution in [2.75, 3.05) is 13.1 Å². The molecular formula is C23H34N5O2+. The fraction of sp³-hybridized carbons (Fsp3) is 0.652. The smallest absolute Gasteiger partial charge is 0.306 e. The number of nitrogens with one attached hydrogen (secondary N) is 2. The van der Waals surface area contributed by atoms with E-state index >= 15 is 0 Å². The van der Waals surface area contributed by atoms with E-state index < -0.39 is 6.04 Å². The SMILES string of the molecule is C[n+]1cc(C2CC2)nc2c(C(=O)NC(CC(C)(C)C)C(=O)N3CCCCC3)c[nH]c21. The number of fused-ring (bicyclic) bond motifs is 1. The van der Waals surface area contributed by atoms with Gasteiger partial charge in [0.2, 0.25) is 5.91 Å². The third-order valence-electron chi connectivity index (χ3n) is 6.08. The third-order valence-corrected chi connectivity index (χ3v) is 6.08. The summed E-state index contributed by atoms with van der Waals surface area (Å²) in [7, 11) is 1.97. The molecule has 2 amide bonds. The highest BCUT2D eigenvalue weighted by molar-refractivity contribution is 6.05. The molecule has 2 N–H and O–H groups in total. The van der Waals surface area contributed by atoms with Gasteiger partial charge in [0.25, 0.3) is 5.91 Å². The number of hydrogen-bond acceptors (Lipinski definition) is 3. The first-order chi connectivity index (χ1) is 14.2. The summed E-state index contributed by atoms with van der Waals surface area (Å²) in [5.74, 6) is 0.303. The molecule has 0 bridgehead atoms. The van der Waals surface area contributed by atoms with E-state index in [1.165, 1.54) is 6.42 Å². The summed E-state index contributed by atoms with van der Waals surface area (Å²) in [6.07, 6.45) is 9.91. The normalized spacial score (nSPS) is 18.5. The van der Waals surface area contributed by atoms with Crippen molar-refractivity contribution in [3.05, 3.63) is 23.7 Å². The van der Waals surface area contributed by atoms with Gasteiger partial charge in [0, 0.05) is 19.0 Å². The van der Waals surface area contributed by atoms with E-state index in [0.29, 0.717) is 23.4 Å². The van der Waals surface area contributed by atoms with E-state index in [-0.39, 0.29) is 17.2 Å². The molecular weight excluding hydrogens is 378 g/mol. The minimum atomic E-state index is -0.527. The molecule has 2 fully saturated rings. The Kier molecular flexibility index (Phi) is 5.55. The van der Waals surface area contributed by atoms with Crippen LogP contribution in [0.2, 0.25) is 0 Å². The lowest BCUT2D eigenvalue weighted by Crippen LogP contribution is -2.51. The minimum Gasteiger partial charge on any atom is -0.341 e. The van der Waals surface area contributed by atoms with Crippen molar-refractivity contribution in [2.24, 2.45) is 12.5 Å². The Bertz CT molecular complexity index is 948. The molecule has 30 heavy (non-hydrogen) atoms. The summed E-state index contributed by atoms with van der Waals surface area (Å²) < 4.78 is 2.00. The van der Waals surface area contributed by atoms with Gasteiger partial charge in [-0.25, -0.2) is 14.5 Å². The number of rotatable bonds is 5. The zero-order valence-electron chi connectivity index (χ0n) is 18.6. The van der Waals surface area contributed by atoms with Crippen LogP contribution >= 0.6 is 0 Å². The van der Waals surface area contributed by atoms with Crippen molar-refractivity contribution in [3.63, 3.8) is 0 Å². The Labute approximate surface area is 178 Å². The monoisotopic (exact) mass is 412 g/mol. The molecule has 1 saturated heterocycles. The van der Waals surface area contributed by atoms with E-state index in [0.717, 1.165) is 50.1 Å². The van der Waals surface area contributed by atoms with Crippen LogP contribution in [0.3, 0.4) is 0 Å². The van der Waals surface area contributed by atoms with Gasteiger partial charge >= 0.3 is 5.65 Å². The number of aryl methyl sites for hydroxylation is 1. The molecule has 162 valence electrons. The average Bonchev–Trinajstić information content (AvgIpc) is 3.45. The summed E-state index contributed by atoms with van der Waals surface area (Å²) in [4.78, 5) is 36.4. The lowest BCUT2D eigenvalue weighted by atomic mass is 9.87. The molecule has 7 heteroatoms. The molecule has 0 spiro atoms. The molecule has 2 aliphatic rings. The van der Waals surface area contributed by atoms with Gasteiger partial charge in [-0.05, 0) is 43.9 Å². The Morgan fingerprint density at radius 1 is 1.27 bits per heavy atom. The van der Waals surface area contributed by atoms with Gasteiger partial charge in [-0.3, -0.25) is 9.59 Å². The highest BCUT2D eigenvalue weighted by atomic mass is 16.2. The van der Waals surface area contributed by atoms with E-state index in [1.54, 1.807) is 6.20 Å². The fourth-order valence-electron chi connectivity index (χ4n) is 4.34. The van der Waals surface area contributed by atoms with Gasteiger partial charge in [0.1, 0.15) is 24.0 Å². The zero-order valence-corrected chi connectivity index (χ0v) is 18.6. The first-order valence-corrected chi connectivity index (χ1v) is 11.2. The number of piperidine rings is 1. The van der Waals surface area contributed by atoms with Gasteiger partial charge in [0.05, 0.1) is 12.7 Å². The van der Waals surface area contributed by atoms with Gasteiger partial charge < -0.3 is 10.2 Å². The number of amides is 2. The Morgan fingerprint density at radius 2 is 1.97 bits per heavy atom. The number of carbonyl (C=O) groups is 2. The first kappa shape index (κ1) is 20.8. The summed E-state index contributed by atoms with van der Waals surface area (Å²) in [6.45, 7) is 7.87. The zero-order chi connectivity index (χ0) is 21.5. The second-order valence-electron chi connectivity index (χ2n) is 10.1. The van der Waals surface area contributed by atoms with Crippen molar-refractivity contribution >= 4 is 23.0 Å². The topological polar surface area (TPSA) is 82.0 Å². The maximum atomic E-state index is 13.3. The number of nitrogens with zero attached hydrogens (tertiary/aromatic N) is 3. The quantitative estimate of drug-likeness (QED) is 0.741. The summed E-state index contributed by atoms with van der Waals surface area (Å²) in [5.41, 5.74) is 2.97. The Hall–Kier alpha value is -2.44. The number of likely N-dealkylation sites (tertiary alicyclic amines) is 1. The van der Waals surface area contributed by atoms with Crippen LogP contribution in [-0.4, -0.2) is 45.8 Å². The molecule has 1 aliphatic heterocycles. The molecule has 1 saturated carbocycles. The van der Waals surface area contributed by atoms with Crippen LogP contribution < -0.4 is 9.88 Å². The third kappa shape index (κ3) is 4.50. The Balaban J connectivity index is 1.59. The lowest BCUT2D eigenvalue weighted by Gasteiger charge is -2.33. The molecule has 7 nitrogen and oxygen atoms in total. The Morgan fingerprint density at radius 3 is 2.60 bits per heavy atom. The standard InChI is InChI=1S/C23H33N5O2/c1-23(2,3)12-17(22(30)28-10-6-5-7-11-28)26-21(29)16-13-24-20-19(16)25-18(14-27(20)4)15-8-9-15/h13-15,17H,5-12H2,1-4H3,(H,26,29)/p+1. The van der Waals surface area contributed by atoms with Gasteiger partial charge in [-0.2, -0.15) is 0 Å². The van der Waals surface area contributed by atoms with Crippen molar-refractivity contribution in [1.82, 2.24) is 20.2 Å². The number of hydrogen-bond donors (Lipinski definition) is 2. The van der Waals surface area contributed by atoms with E-state index in [4.69, 9.17) is 4.98 Å². The molecule has 0 aromatic carbocycles. The molecule has 0 radical (unpaired) electrons. The highest BCUT2D eigenvalue weighted by Gasteiger charge is 2.33. The molecule has 2 aromatic rings. The first-order valence-electron chi connectivity index (χ1n) is 11.2. The van der Waals surface area contributed by atoms with Crippen LogP contribution in [0.1, 0.15) is 81.3 Å². The predicted molar refractivity (Wildman–Crippen MR) is 115 cm³/mol. The van der Waals surface area contributed by atoms with Crippen LogP contribution in [0.5, 0.6) is 0 Å². The van der Waals surface area contributed by atoms with Crippen LogP contribution in [0, 0.1) is 5.41 Å². The van der Waals surface area contributed by atoms with Crippen molar-refractivity contribution in [3.8, 4) is 0 Å². The van der Waals surface area contributed by atoms with Crippen molar-refractivity contribution < 1.29 is 14.2 Å². The van der Waals surface area contributed by atoms with Crippen LogP contribution in [0.15, 0.2) is 12.4 Å². The number of carbonyl (C=O) groups excluding carboxylic acids is 2. The minimum absolute atomic E-state index is 0.0370. The van der Waals surface area contributed by atoms with Gasteiger partial charge in [-0.15, -0.1) is 0 Å². The molecule has 3 heterocycles. The largest absolute Gasteiger partial charge is 0.341 e. The average molecular weight is 413 g/mol. The molecule has 1 unspecified atom stereocenters. The molecule has 2 aromatic heterocycles. The second kappa shape index (κ2) is 8.00. The summed E-state index contributed by atoms with van der Waals surface area (Å²) in [5, 5.41) is 3.05. The summed E-state index contributed by atoms with van der Waals surface area (Å²) in [6, 6.07) is -0.527. The maximum Gasteiger partial charge on any atom is 0.306 e. The molecule has 1 aliphatic carbocycles. The molecule has 1 atom stereocenters. The van der Waals surface area contributed by atoms with Gasteiger partial charge in [-0.1, -0.05) is 20.8 Å². The van der Waals surface area contributed by atoms with Crippen LogP contribution in [0.4, 0.5) is 0 Å². The predicted octanol–water partition coefficient (Wildman–Crippen LogP) is 2.81. The van der Waals surface area contributed by atoms with Crippen molar-refractivity contribution in [1.29, 1.82) is 0 Å². The number of aromatic amines is 1. The highest BCUT2D eigenvalue weighted by Crippen LogP contribution is 2.38. The molecule has 4 rings (SSSR count). The maximum absolute atomic E-state index is 13.3. The fourth-order valence-corrected chi connectivity index (χ4v) is 4.34. The van der Waals surface area contributed by atoms with E-state index in [1.807, 2.05) is 22.7 Å². The van der Waals surface area contributed by atoms with Crippen LogP contribution in [0.25, 0.3) is 11.2 Å². The number of aromatic nitrogens is 3. The lowest BCUT2D eigenvalue weighted by molar-refractivity contribution is -0.647. The van der Waals surface area contributed by atoms with E-state index in [9.17, 15) is 9.59 Å². The van der Waals surface area contributed by atoms with Crippen LogP contribution in [-0.2, 0) is 11.8 Å². The number of H-pyrrole nitrogens is 1.